The van der Waals surface area contributed by atoms with Crippen molar-refractivity contribution in [3.8, 4) is 0 Å². The van der Waals surface area contributed by atoms with Gasteiger partial charge in [-0.15, -0.1) is 0 Å². The number of rotatable bonds is 3. The van der Waals surface area contributed by atoms with Crippen LogP contribution in [0.5, 0.6) is 0 Å². The summed E-state index contributed by atoms with van der Waals surface area (Å²) in [6.07, 6.45) is 0. The molecule has 0 N–H and O–H groups in total. The van der Waals surface area contributed by atoms with E-state index in [0.717, 1.165) is 0 Å². The summed E-state index contributed by atoms with van der Waals surface area (Å²) >= 11 is 14.8. The van der Waals surface area contributed by atoms with Gasteiger partial charge < -0.3 is 0 Å². The van der Waals surface area contributed by atoms with E-state index in [1.54, 1.807) is 0 Å². The van der Waals surface area contributed by atoms with Gasteiger partial charge >= 0.3 is 0 Å². The summed E-state index contributed by atoms with van der Waals surface area (Å²) in [5.74, 6) is 0. The molecule has 12 heteroatoms. The average Bonchev–Trinajstić information content (AvgIpc) is 2.35. The zero-order valence-corrected chi connectivity index (χ0v) is 11.3. The molecule has 0 fully saturated rings. The molecule has 0 aliphatic heterocycles. The maximum Gasteiger partial charge on any atom is 0.0758 e. The second kappa shape index (κ2) is 6.23. The third kappa shape index (κ3) is 2.55. The van der Waals surface area contributed by atoms with E-state index in [9.17, 15) is 0 Å². The second-order valence-electron chi connectivity index (χ2n) is 2.56. The molecule has 1 aromatic rings. The van der Waals surface area contributed by atoms with Gasteiger partial charge in [0.05, 0.1) is 27.1 Å². The molecule has 0 bridgehead atoms. The Hall–Kier alpha value is -1.79. The maximum absolute atomic E-state index is 8.42. The lowest BCUT2D eigenvalue weighted by molar-refractivity contribution is 1.36. The van der Waals surface area contributed by atoms with Crippen molar-refractivity contribution >= 4 is 56.2 Å². The molecule has 0 aliphatic rings. The summed E-state index contributed by atoms with van der Waals surface area (Å²) in [5.41, 5.74) is 24.9. The predicted octanol–water partition coefficient (Wildman–Crippen LogP) is 6.58. The summed E-state index contributed by atoms with van der Waals surface area (Å²) in [6, 6.07) is 0. The van der Waals surface area contributed by atoms with E-state index in [1.165, 1.54) is 0 Å². The first-order chi connectivity index (χ1) is 8.58. The van der Waals surface area contributed by atoms with Crippen LogP contribution in [0.15, 0.2) is 19.8 Å². The Morgan fingerprint density at radius 3 is 1.44 bits per heavy atom. The first-order valence-electron chi connectivity index (χ1n) is 3.94. The van der Waals surface area contributed by atoms with Crippen LogP contribution in [0.4, 0.5) is 17.1 Å². The third-order valence-corrected chi connectivity index (χ3v) is 3.15. The van der Waals surface area contributed by atoms with Crippen molar-refractivity contribution in [2.24, 2.45) is 15.3 Å². The van der Waals surface area contributed by atoms with Crippen molar-refractivity contribution in [3.05, 3.63) is 45.8 Å². The molecule has 0 radical (unpaired) electrons. The Balaban J connectivity index is 3.91. The van der Waals surface area contributed by atoms with Gasteiger partial charge in [0.1, 0.15) is 0 Å². The Kier molecular flexibility index (Phi) is 4.94. The molecule has 0 atom stereocenters. The fourth-order valence-corrected chi connectivity index (χ4v) is 2.38. The van der Waals surface area contributed by atoms with Crippen LogP contribution in [0.25, 0.3) is 31.3 Å². The summed E-state index contributed by atoms with van der Waals surface area (Å²) < 4.78 is 0.102. The van der Waals surface area contributed by atoms with Gasteiger partial charge in [-0.25, -0.2) is 0 Å². The van der Waals surface area contributed by atoms with E-state index in [2.05, 4.69) is 46.0 Å². The van der Waals surface area contributed by atoms with Gasteiger partial charge in [0, 0.05) is 19.2 Å². The number of hydrogen-bond donors (Lipinski definition) is 0. The summed E-state index contributed by atoms with van der Waals surface area (Å²) in [6.45, 7) is 0. The van der Waals surface area contributed by atoms with Crippen LogP contribution in [-0.2, 0) is 0 Å². The molecule has 1 aromatic carbocycles. The first kappa shape index (κ1) is 14.3. The topological polar surface area (TPSA) is 146 Å². The van der Waals surface area contributed by atoms with E-state index in [4.69, 9.17) is 39.8 Å². The van der Waals surface area contributed by atoms with Crippen molar-refractivity contribution < 1.29 is 0 Å². The summed E-state index contributed by atoms with van der Waals surface area (Å²) in [4.78, 5) is 7.65. The minimum absolute atomic E-state index is 0.0895. The average molecular weight is 349 g/mol. The fraction of sp³-hybridized carbons (Fsp3) is 0. The van der Waals surface area contributed by atoms with E-state index < -0.39 is 0 Å². The summed E-state index contributed by atoms with van der Waals surface area (Å²) in [7, 11) is 0. The minimum Gasteiger partial charge on any atom is -0.0832 e. The zero-order chi connectivity index (χ0) is 13.7. The van der Waals surface area contributed by atoms with Crippen LogP contribution in [-0.4, -0.2) is 0 Å². The highest BCUT2D eigenvalue weighted by atomic mass is 79.9. The molecule has 9 nitrogen and oxygen atoms in total. The second-order valence-corrected chi connectivity index (χ2v) is 4.11. The number of benzene rings is 1. The van der Waals surface area contributed by atoms with Crippen LogP contribution in [0, 0.1) is 0 Å². The molecule has 1 rings (SSSR count). The molecule has 0 heterocycles. The molecule has 0 aromatic heterocycles. The van der Waals surface area contributed by atoms with Gasteiger partial charge in [-0.1, -0.05) is 38.5 Å². The van der Waals surface area contributed by atoms with Gasteiger partial charge in [-0.05, 0) is 32.5 Å². The lowest BCUT2D eigenvalue weighted by Gasteiger charge is -2.10. The molecule has 0 amide bonds. The van der Waals surface area contributed by atoms with Crippen LogP contribution in [0.1, 0.15) is 0 Å². The van der Waals surface area contributed by atoms with Crippen LogP contribution >= 0.6 is 39.1 Å². The third-order valence-electron chi connectivity index (χ3n) is 1.68. The summed E-state index contributed by atoms with van der Waals surface area (Å²) in [5, 5.41) is 9.57. The lowest BCUT2D eigenvalue weighted by Crippen LogP contribution is -1.78. The molecule has 0 unspecified atom stereocenters. The Morgan fingerprint density at radius 2 is 1.11 bits per heavy atom. The predicted molar refractivity (Wildman–Crippen MR) is 70.6 cm³/mol. The van der Waals surface area contributed by atoms with Crippen LogP contribution in [0.3, 0.4) is 0 Å². The molecular weight excluding hydrogens is 349 g/mol. The molecule has 0 saturated carbocycles. The maximum atomic E-state index is 8.42. The Labute approximate surface area is 117 Å². The zero-order valence-electron chi connectivity index (χ0n) is 8.16. The van der Waals surface area contributed by atoms with Crippen molar-refractivity contribution in [3.63, 3.8) is 0 Å². The number of azide groups is 3. The van der Waals surface area contributed by atoms with E-state index in [0.29, 0.717) is 0 Å². The van der Waals surface area contributed by atoms with Gasteiger partial charge in [0.15, 0.2) is 0 Å². The molecule has 0 saturated heterocycles. The molecule has 90 valence electrons. The van der Waals surface area contributed by atoms with Gasteiger partial charge in [0.2, 0.25) is 0 Å². The van der Waals surface area contributed by atoms with E-state index in [1.807, 2.05) is 0 Å². The highest BCUT2D eigenvalue weighted by Gasteiger charge is 2.18. The molecule has 0 spiro atoms. The number of nitrogens with zero attached hydrogens (tertiary/aromatic N) is 9. The van der Waals surface area contributed by atoms with E-state index in [-0.39, 0.29) is 31.6 Å². The Morgan fingerprint density at radius 1 is 0.778 bits per heavy atom. The Bertz CT molecular complexity index is 540. The van der Waals surface area contributed by atoms with Crippen molar-refractivity contribution in [2.45, 2.75) is 0 Å². The van der Waals surface area contributed by atoms with Crippen LogP contribution in [0.2, 0.25) is 10.0 Å². The first-order valence-corrected chi connectivity index (χ1v) is 5.49. The molecule has 0 aliphatic carbocycles. The van der Waals surface area contributed by atoms with Gasteiger partial charge in [-0.3, -0.25) is 0 Å². The minimum atomic E-state index is -0.186. The van der Waals surface area contributed by atoms with Crippen LogP contribution < -0.4 is 0 Å². The SMILES string of the molecule is [N-]=[N+]=Nc1c(Cl)c(N=[N+]=[N-])c(Br)c(N=[N+]=[N-])c1Cl. The number of halogens is 3. The van der Waals surface area contributed by atoms with Crippen molar-refractivity contribution in [2.75, 3.05) is 0 Å². The largest absolute Gasteiger partial charge is 0.0832 e. The van der Waals surface area contributed by atoms with Crippen molar-refractivity contribution in [1.29, 1.82) is 0 Å². The van der Waals surface area contributed by atoms with Crippen molar-refractivity contribution in [1.82, 2.24) is 0 Å². The smallest absolute Gasteiger partial charge is 0.0758 e. The lowest BCUT2D eigenvalue weighted by atomic mass is 10.2. The molecular formula is C6BrCl2N9. The van der Waals surface area contributed by atoms with Gasteiger partial charge in [0.25, 0.3) is 0 Å². The fourth-order valence-electron chi connectivity index (χ4n) is 1.02. The monoisotopic (exact) mass is 347 g/mol. The number of hydrogen-bond acceptors (Lipinski definition) is 3. The normalized spacial score (nSPS) is 8.83. The molecule has 18 heavy (non-hydrogen) atoms. The van der Waals surface area contributed by atoms with Gasteiger partial charge in [-0.2, -0.15) is 0 Å². The standard InChI is InChI=1S/C6BrCl2N9/c7-1-4(13-16-10)2(8)6(15-18-12)3(9)5(1)14-17-11. The highest BCUT2D eigenvalue weighted by Crippen LogP contribution is 2.51. The van der Waals surface area contributed by atoms with E-state index >= 15 is 0 Å². The quantitative estimate of drug-likeness (QED) is 0.329. The highest BCUT2D eigenvalue weighted by molar-refractivity contribution is 9.10.